The molecule has 2 aliphatic heterocycles. The fourth-order valence-corrected chi connectivity index (χ4v) is 5.71. The van der Waals surface area contributed by atoms with Crippen molar-refractivity contribution in [3.05, 3.63) is 64.1 Å². The Morgan fingerprint density at radius 2 is 1.62 bits per heavy atom. The molecule has 4 heterocycles. The normalized spacial score (nSPS) is 18.5. The molecular weight excluding hydrogens is 592 g/mol. The molecule has 242 valence electrons. The Bertz CT molecular complexity index is 1600. The highest BCUT2D eigenvalue weighted by Gasteiger charge is 2.36. The number of alkyl halides is 3. The molecule has 0 saturated carbocycles. The monoisotopic (exact) mass is 630 g/mol. The van der Waals surface area contributed by atoms with Crippen LogP contribution in [0, 0.1) is 5.82 Å². The second-order valence-corrected chi connectivity index (χ2v) is 12.0. The predicted octanol–water partition coefficient (Wildman–Crippen LogP) is 3.92. The van der Waals surface area contributed by atoms with Gasteiger partial charge in [0.2, 0.25) is 5.95 Å². The van der Waals surface area contributed by atoms with Gasteiger partial charge >= 0.3 is 6.18 Å². The summed E-state index contributed by atoms with van der Waals surface area (Å²) in [5, 5.41) is 2.59. The van der Waals surface area contributed by atoms with Crippen LogP contribution in [-0.2, 0) is 13.2 Å². The predicted molar refractivity (Wildman–Crippen MR) is 165 cm³/mol. The molecule has 1 amide bonds. The lowest BCUT2D eigenvalue weighted by molar-refractivity contribution is -0.138. The zero-order valence-corrected chi connectivity index (χ0v) is 26.0. The highest BCUT2D eigenvalue weighted by molar-refractivity contribution is 6.07. The van der Waals surface area contributed by atoms with E-state index < -0.39 is 34.6 Å². The molecule has 45 heavy (non-hydrogen) atoms. The molecule has 2 fully saturated rings. The van der Waals surface area contributed by atoms with Crippen molar-refractivity contribution in [1.29, 1.82) is 0 Å². The van der Waals surface area contributed by atoms with E-state index >= 15 is 4.39 Å². The molecule has 0 bridgehead atoms. The maximum absolute atomic E-state index is 15.8. The third kappa shape index (κ3) is 6.96. The number of anilines is 3. The minimum atomic E-state index is -4.94. The Morgan fingerprint density at radius 3 is 2.22 bits per heavy atom. The summed E-state index contributed by atoms with van der Waals surface area (Å²) in [5.74, 6) is -1.14. The number of benzene rings is 1. The number of piperazine rings is 2. The fraction of sp³-hybridized carbons (Fsp3) is 0.484. The summed E-state index contributed by atoms with van der Waals surface area (Å²) >= 11 is 0. The number of nitrogens with zero attached hydrogens (tertiary/aromatic N) is 7. The van der Waals surface area contributed by atoms with Crippen LogP contribution in [0.2, 0.25) is 0 Å². The van der Waals surface area contributed by atoms with Gasteiger partial charge in [0.05, 0.1) is 22.5 Å². The van der Waals surface area contributed by atoms with E-state index in [1.807, 2.05) is 18.9 Å². The van der Waals surface area contributed by atoms with Gasteiger partial charge in [-0.25, -0.2) is 14.4 Å². The molecule has 0 spiro atoms. The Morgan fingerprint density at radius 1 is 0.978 bits per heavy atom. The van der Waals surface area contributed by atoms with Gasteiger partial charge in [-0.05, 0) is 40.0 Å². The summed E-state index contributed by atoms with van der Waals surface area (Å²) in [6.45, 7) is 11.3. The number of hydrogen-bond acceptors (Lipinski definition) is 8. The smallest absolute Gasteiger partial charge is 0.367 e. The van der Waals surface area contributed by atoms with E-state index in [9.17, 15) is 22.8 Å². The second kappa shape index (κ2) is 12.8. The summed E-state index contributed by atoms with van der Waals surface area (Å²) in [7, 11) is 3.24. The molecule has 1 aromatic carbocycles. The molecule has 0 radical (unpaired) electrons. The van der Waals surface area contributed by atoms with Crippen molar-refractivity contribution in [3.8, 4) is 11.1 Å². The summed E-state index contributed by atoms with van der Waals surface area (Å²) in [4.78, 5) is 42.9. The molecule has 0 aliphatic carbocycles. The number of hydrogen-bond donors (Lipinski definition) is 1. The third-order valence-corrected chi connectivity index (χ3v) is 8.69. The number of aromatic nitrogens is 3. The van der Waals surface area contributed by atoms with Crippen molar-refractivity contribution in [2.75, 3.05) is 68.0 Å². The van der Waals surface area contributed by atoms with E-state index in [1.165, 1.54) is 31.6 Å². The van der Waals surface area contributed by atoms with Crippen LogP contribution in [0.5, 0.6) is 0 Å². The molecule has 3 aromatic rings. The Labute approximate surface area is 259 Å². The van der Waals surface area contributed by atoms with Crippen molar-refractivity contribution in [3.63, 3.8) is 0 Å². The number of aryl methyl sites for hydroxylation is 1. The molecular formula is C31H38F4N8O2. The summed E-state index contributed by atoms with van der Waals surface area (Å²) < 4.78 is 58.3. The van der Waals surface area contributed by atoms with Gasteiger partial charge in [-0.2, -0.15) is 13.2 Å². The number of carbonyl (C=O) groups is 1. The molecule has 5 rings (SSSR count). The molecule has 14 heteroatoms. The first-order valence-electron chi connectivity index (χ1n) is 14.9. The van der Waals surface area contributed by atoms with Crippen LogP contribution in [-0.4, -0.2) is 95.2 Å². The van der Waals surface area contributed by atoms with E-state index in [0.717, 1.165) is 36.9 Å². The summed E-state index contributed by atoms with van der Waals surface area (Å²) in [6, 6.07) is 3.64. The Kier molecular flexibility index (Phi) is 9.17. The lowest BCUT2D eigenvalue weighted by Crippen LogP contribution is -2.50. The van der Waals surface area contributed by atoms with Crippen LogP contribution in [0.4, 0.5) is 34.9 Å². The van der Waals surface area contributed by atoms with Crippen molar-refractivity contribution < 1.29 is 22.4 Å². The zero-order chi connectivity index (χ0) is 32.6. The fourth-order valence-electron chi connectivity index (χ4n) is 5.71. The van der Waals surface area contributed by atoms with Crippen molar-refractivity contribution in [2.45, 2.75) is 39.0 Å². The number of nitrogens with one attached hydrogen (secondary N) is 1. The van der Waals surface area contributed by atoms with Crippen molar-refractivity contribution in [2.24, 2.45) is 7.05 Å². The molecule has 10 nitrogen and oxygen atoms in total. The standard InChI is InChI=1S/C31H38F4N8O2/c1-19(2)41-8-10-42(11-9-41)30-36-15-21(16-37-30)22-12-26(27(14-25(22)32)43-7-6-39(4)20(3)17-43)38-29(45)23-18-40(5)28(44)13-24(23)31(33,34)35/h12-16,18-20H,6-11,17H2,1-5H3,(H,38,45)/t20-/m0/s1. The quantitative estimate of drug-likeness (QED) is 0.410. The van der Waals surface area contributed by atoms with Crippen LogP contribution >= 0.6 is 0 Å². The third-order valence-electron chi connectivity index (χ3n) is 8.69. The van der Waals surface area contributed by atoms with Gasteiger partial charge in [0, 0.05) is 101 Å². The van der Waals surface area contributed by atoms with Gasteiger partial charge < -0.3 is 24.6 Å². The molecule has 2 aliphatic rings. The van der Waals surface area contributed by atoms with E-state index in [0.29, 0.717) is 48.9 Å². The molecule has 2 saturated heterocycles. The van der Waals surface area contributed by atoms with Crippen molar-refractivity contribution >= 4 is 23.2 Å². The van der Waals surface area contributed by atoms with Crippen LogP contribution < -0.4 is 20.7 Å². The number of pyridine rings is 1. The zero-order valence-electron chi connectivity index (χ0n) is 26.0. The average Bonchev–Trinajstić information content (AvgIpc) is 3.00. The largest absolute Gasteiger partial charge is 0.417 e. The molecule has 1 atom stereocenters. The topological polar surface area (TPSA) is 89.8 Å². The Hall–Kier alpha value is -4.04. The number of carbonyl (C=O) groups excluding carboxylic acids is 1. The lowest BCUT2D eigenvalue weighted by atomic mass is 10.0. The Balaban J connectivity index is 1.50. The van der Waals surface area contributed by atoms with E-state index in [2.05, 4.69) is 43.8 Å². The maximum Gasteiger partial charge on any atom is 0.417 e. The molecule has 1 N–H and O–H groups in total. The number of halogens is 4. The first-order chi connectivity index (χ1) is 21.2. The first-order valence-corrected chi connectivity index (χ1v) is 14.9. The van der Waals surface area contributed by atoms with Gasteiger partial charge in [-0.1, -0.05) is 0 Å². The van der Waals surface area contributed by atoms with Gasteiger partial charge in [0.15, 0.2) is 0 Å². The van der Waals surface area contributed by atoms with Gasteiger partial charge in [0.1, 0.15) is 5.82 Å². The first kappa shape index (κ1) is 32.4. The van der Waals surface area contributed by atoms with Crippen LogP contribution in [0.1, 0.15) is 36.7 Å². The molecule has 2 aromatic heterocycles. The van der Waals surface area contributed by atoms with Crippen LogP contribution in [0.15, 0.2) is 41.6 Å². The highest BCUT2D eigenvalue weighted by atomic mass is 19.4. The highest BCUT2D eigenvalue weighted by Crippen LogP contribution is 2.37. The lowest BCUT2D eigenvalue weighted by Gasteiger charge is -2.39. The SMILES string of the molecule is CC(C)N1CCN(c2ncc(-c3cc(NC(=O)c4cn(C)c(=O)cc4C(F)(F)F)c(N4CCN(C)[C@@H](C)C4)cc3F)cn2)CC1. The minimum absolute atomic E-state index is 0.0870. The average molecular weight is 631 g/mol. The van der Waals surface area contributed by atoms with E-state index in [4.69, 9.17) is 0 Å². The van der Waals surface area contributed by atoms with E-state index in [-0.39, 0.29) is 17.3 Å². The molecule has 0 unspecified atom stereocenters. The van der Waals surface area contributed by atoms with Crippen LogP contribution in [0.3, 0.4) is 0 Å². The van der Waals surface area contributed by atoms with Gasteiger partial charge in [-0.3, -0.25) is 14.5 Å². The minimum Gasteiger partial charge on any atom is -0.367 e. The number of likely N-dealkylation sites (N-methyl/N-ethyl adjacent to an activating group) is 1. The van der Waals surface area contributed by atoms with Gasteiger partial charge in [0.25, 0.3) is 11.5 Å². The summed E-state index contributed by atoms with van der Waals surface area (Å²) in [6.07, 6.45) is -1.07. The second-order valence-electron chi connectivity index (χ2n) is 12.0. The van der Waals surface area contributed by atoms with Crippen LogP contribution in [0.25, 0.3) is 11.1 Å². The maximum atomic E-state index is 15.8. The van der Waals surface area contributed by atoms with E-state index in [1.54, 1.807) is 0 Å². The number of amides is 1. The summed E-state index contributed by atoms with van der Waals surface area (Å²) in [5.41, 5.74) is -2.07. The van der Waals surface area contributed by atoms with Crippen molar-refractivity contribution in [1.82, 2.24) is 24.3 Å². The number of rotatable bonds is 6. The van der Waals surface area contributed by atoms with Gasteiger partial charge in [-0.15, -0.1) is 0 Å².